The molecule has 0 atom stereocenters. The number of thioether (sulfide) groups is 1. The predicted octanol–water partition coefficient (Wildman–Crippen LogP) is 2.98. The summed E-state index contributed by atoms with van der Waals surface area (Å²) in [7, 11) is 2.22. The Kier molecular flexibility index (Phi) is 6.69. The summed E-state index contributed by atoms with van der Waals surface area (Å²) >= 11 is 1.90. The van der Waals surface area contributed by atoms with Gasteiger partial charge >= 0.3 is 0 Å². The molecule has 3 heteroatoms. The zero-order valence-electron chi connectivity index (χ0n) is 10.4. The molecule has 1 fully saturated rings. The highest BCUT2D eigenvalue weighted by Crippen LogP contribution is 2.28. The number of hydrogen-bond acceptors (Lipinski definition) is 3. The third kappa shape index (κ3) is 4.75. The van der Waals surface area contributed by atoms with Gasteiger partial charge in [-0.1, -0.05) is 19.8 Å². The van der Waals surface area contributed by atoms with Gasteiger partial charge in [0.15, 0.2) is 0 Å². The molecule has 15 heavy (non-hydrogen) atoms. The van der Waals surface area contributed by atoms with Crippen molar-refractivity contribution in [3.8, 4) is 0 Å². The fourth-order valence-electron chi connectivity index (χ4n) is 1.94. The van der Waals surface area contributed by atoms with Crippen LogP contribution in [-0.2, 0) is 4.74 Å². The molecule has 0 N–H and O–H groups in total. The summed E-state index contributed by atoms with van der Waals surface area (Å²) < 4.78 is 5.81. The Labute approximate surface area is 98.7 Å². The minimum atomic E-state index is 0.552. The molecular formula is C12H25NOS. The second-order valence-electron chi connectivity index (χ2n) is 4.50. The highest BCUT2D eigenvalue weighted by atomic mass is 32.2. The van der Waals surface area contributed by atoms with E-state index in [4.69, 9.17) is 4.74 Å². The summed E-state index contributed by atoms with van der Waals surface area (Å²) in [6.07, 6.45) is 9.02. The normalized spacial score (nSPS) is 25.6. The summed E-state index contributed by atoms with van der Waals surface area (Å²) in [4.78, 5) is 2.44. The van der Waals surface area contributed by atoms with Crippen molar-refractivity contribution in [1.82, 2.24) is 4.90 Å². The maximum atomic E-state index is 5.81. The number of ether oxygens (including phenoxy) is 1. The first kappa shape index (κ1) is 13.3. The minimum Gasteiger partial charge on any atom is -0.378 e. The van der Waals surface area contributed by atoms with E-state index in [1.165, 1.54) is 32.1 Å². The van der Waals surface area contributed by atoms with Gasteiger partial charge in [-0.05, 0) is 32.6 Å². The van der Waals surface area contributed by atoms with Gasteiger partial charge in [0.25, 0.3) is 0 Å². The van der Waals surface area contributed by atoms with Crippen LogP contribution in [-0.4, -0.2) is 42.8 Å². The van der Waals surface area contributed by atoms with Gasteiger partial charge in [0.05, 0.1) is 6.10 Å². The van der Waals surface area contributed by atoms with E-state index >= 15 is 0 Å². The highest BCUT2D eigenvalue weighted by molar-refractivity contribution is 7.98. The molecule has 0 aromatic rings. The second kappa shape index (κ2) is 7.53. The summed E-state index contributed by atoms with van der Waals surface area (Å²) in [5.74, 6) is 1.15. The molecule has 1 rings (SSSR count). The van der Waals surface area contributed by atoms with Crippen molar-refractivity contribution in [3.63, 3.8) is 0 Å². The summed E-state index contributed by atoms with van der Waals surface area (Å²) in [5, 5.41) is 0. The summed E-state index contributed by atoms with van der Waals surface area (Å²) in [5.41, 5.74) is 0. The van der Waals surface area contributed by atoms with Gasteiger partial charge in [-0.2, -0.15) is 0 Å². The van der Waals surface area contributed by atoms with Crippen LogP contribution in [0.5, 0.6) is 0 Å². The third-order valence-electron chi connectivity index (χ3n) is 3.13. The standard InChI is InChI=1S/C12H25NOS/c1-4-5-6-7-14-12-8-11(9-12)13(2)10-15-3/h11-12H,4-10H2,1-3H3/t11-,12-. The van der Waals surface area contributed by atoms with Crippen molar-refractivity contribution in [1.29, 1.82) is 0 Å². The molecule has 0 spiro atoms. The van der Waals surface area contributed by atoms with Crippen LogP contribution in [0.25, 0.3) is 0 Å². The van der Waals surface area contributed by atoms with Crippen LogP contribution in [0.1, 0.15) is 39.0 Å². The fourth-order valence-corrected chi connectivity index (χ4v) is 2.56. The maximum Gasteiger partial charge on any atom is 0.0605 e. The van der Waals surface area contributed by atoms with Gasteiger partial charge in [0.1, 0.15) is 0 Å². The van der Waals surface area contributed by atoms with E-state index in [1.807, 2.05) is 11.8 Å². The van der Waals surface area contributed by atoms with Crippen molar-refractivity contribution in [2.24, 2.45) is 0 Å². The Balaban J connectivity index is 1.95. The molecule has 0 aliphatic heterocycles. The van der Waals surface area contributed by atoms with E-state index in [2.05, 4.69) is 25.1 Å². The molecule has 1 aliphatic carbocycles. The van der Waals surface area contributed by atoms with Gasteiger partial charge in [-0.15, -0.1) is 11.8 Å². The van der Waals surface area contributed by atoms with Gasteiger partial charge in [0, 0.05) is 18.5 Å². The van der Waals surface area contributed by atoms with Crippen LogP contribution >= 0.6 is 11.8 Å². The van der Waals surface area contributed by atoms with Gasteiger partial charge < -0.3 is 4.74 Å². The van der Waals surface area contributed by atoms with Crippen molar-refractivity contribution in [3.05, 3.63) is 0 Å². The Morgan fingerprint density at radius 3 is 2.67 bits per heavy atom. The van der Waals surface area contributed by atoms with E-state index in [1.54, 1.807) is 0 Å². The molecule has 0 heterocycles. The largest absolute Gasteiger partial charge is 0.378 e. The Morgan fingerprint density at radius 1 is 1.33 bits per heavy atom. The molecule has 0 amide bonds. The smallest absolute Gasteiger partial charge is 0.0605 e. The van der Waals surface area contributed by atoms with E-state index in [9.17, 15) is 0 Å². The van der Waals surface area contributed by atoms with E-state index < -0.39 is 0 Å². The quantitative estimate of drug-likeness (QED) is 0.471. The molecule has 0 aromatic carbocycles. The van der Waals surface area contributed by atoms with E-state index in [0.717, 1.165) is 18.5 Å². The van der Waals surface area contributed by atoms with Crippen LogP contribution in [0.3, 0.4) is 0 Å². The van der Waals surface area contributed by atoms with Crippen LogP contribution < -0.4 is 0 Å². The molecule has 0 aromatic heterocycles. The Hall–Kier alpha value is 0.270. The topological polar surface area (TPSA) is 12.5 Å². The van der Waals surface area contributed by atoms with E-state index in [0.29, 0.717) is 6.10 Å². The lowest BCUT2D eigenvalue weighted by Gasteiger charge is -2.40. The second-order valence-corrected chi connectivity index (χ2v) is 5.34. The summed E-state index contributed by atoms with van der Waals surface area (Å²) in [6.45, 7) is 3.20. The first-order valence-electron chi connectivity index (χ1n) is 6.08. The molecule has 0 bridgehead atoms. The molecule has 90 valence electrons. The molecular weight excluding hydrogens is 206 g/mol. The Morgan fingerprint density at radius 2 is 2.07 bits per heavy atom. The fraction of sp³-hybridized carbons (Fsp3) is 1.00. The average Bonchev–Trinajstić information content (AvgIpc) is 2.15. The lowest BCUT2D eigenvalue weighted by atomic mass is 9.88. The zero-order valence-corrected chi connectivity index (χ0v) is 11.2. The molecule has 0 saturated heterocycles. The minimum absolute atomic E-state index is 0.552. The number of nitrogens with zero attached hydrogens (tertiary/aromatic N) is 1. The first-order chi connectivity index (χ1) is 7.27. The number of hydrogen-bond donors (Lipinski definition) is 0. The Bertz CT molecular complexity index is 160. The van der Waals surface area contributed by atoms with Crippen molar-refractivity contribution in [2.75, 3.05) is 25.8 Å². The molecule has 1 saturated carbocycles. The van der Waals surface area contributed by atoms with Crippen molar-refractivity contribution in [2.45, 2.75) is 51.2 Å². The third-order valence-corrected chi connectivity index (χ3v) is 3.79. The van der Waals surface area contributed by atoms with E-state index in [-0.39, 0.29) is 0 Å². The maximum absolute atomic E-state index is 5.81. The SMILES string of the molecule is CCCCCO[C@H]1C[C@H](N(C)CSC)C1. The monoisotopic (exact) mass is 231 g/mol. The van der Waals surface area contributed by atoms with Gasteiger partial charge in [-0.25, -0.2) is 0 Å². The molecule has 1 aliphatic rings. The van der Waals surface area contributed by atoms with Crippen LogP contribution in [0.15, 0.2) is 0 Å². The predicted molar refractivity (Wildman–Crippen MR) is 68.4 cm³/mol. The molecule has 0 radical (unpaired) electrons. The zero-order chi connectivity index (χ0) is 11.1. The average molecular weight is 231 g/mol. The molecule has 2 nitrogen and oxygen atoms in total. The number of unbranched alkanes of at least 4 members (excludes halogenated alkanes) is 2. The van der Waals surface area contributed by atoms with Crippen molar-refractivity contribution < 1.29 is 4.74 Å². The van der Waals surface area contributed by atoms with Crippen molar-refractivity contribution >= 4 is 11.8 Å². The van der Waals surface area contributed by atoms with Crippen LogP contribution in [0.2, 0.25) is 0 Å². The first-order valence-corrected chi connectivity index (χ1v) is 7.48. The van der Waals surface area contributed by atoms with Gasteiger partial charge in [0.2, 0.25) is 0 Å². The lowest BCUT2D eigenvalue weighted by molar-refractivity contribution is -0.0421. The lowest BCUT2D eigenvalue weighted by Crippen LogP contribution is -2.46. The highest BCUT2D eigenvalue weighted by Gasteiger charge is 2.32. The summed E-state index contributed by atoms with van der Waals surface area (Å²) in [6, 6.07) is 0.772. The van der Waals surface area contributed by atoms with Gasteiger partial charge in [-0.3, -0.25) is 4.90 Å². The van der Waals surface area contributed by atoms with Crippen LogP contribution in [0, 0.1) is 0 Å². The number of rotatable bonds is 8. The molecule has 0 unspecified atom stereocenters. The van der Waals surface area contributed by atoms with Crippen LogP contribution in [0.4, 0.5) is 0 Å².